The maximum Gasteiger partial charge on any atom is 0.102 e. The van der Waals surface area contributed by atoms with Crippen LogP contribution in [0, 0.1) is 11.3 Å². The SMILES string of the molecule is CCCC1(O)CN(Cc2cn3ccccc3c2C#N)C1. The summed E-state index contributed by atoms with van der Waals surface area (Å²) in [7, 11) is 0. The second-order valence-electron chi connectivity index (χ2n) is 5.75. The fourth-order valence-electron chi connectivity index (χ4n) is 3.19. The molecule has 104 valence electrons. The van der Waals surface area contributed by atoms with Crippen LogP contribution in [0.4, 0.5) is 0 Å². The molecule has 0 bridgehead atoms. The van der Waals surface area contributed by atoms with Crippen LogP contribution in [0.25, 0.3) is 5.52 Å². The van der Waals surface area contributed by atoms with Gasteiger partial charge in [-0.05, 0) is 18.6 Å². The molecule has 0 atom stereocenters. The predicted molar refractivity (Wildman–Crippen MR) is 77.2 cm³/mol. The van der Waals surface area contributed by atoms with E-state index < -0.39 is 5.60 Å². The zero-order valence-corrected chi connectivity index (χ0v) is 11.7. The fraction of sp³-hybridized carbons (Fsp3) is 0.438. The monoisotopic (exact) mass is 269 g/mol. The van der Waals surface area contributed by atoms with Gasteiger partial charge >= 0.3 is 0 Å². The lowest BCUT2D eigenvalue weighted by Crippen LogP contribution is -2.60. The minimum atomic E-state index is -0.513. The summed E-state index contributed by atoms with van der Waals surface area (Å²) < 4.78 is 1.99. The van der Waals surface area contributed by atoms with Gasteiger partial charge in [-0.25, -0.2) is 0 Å². The Kier molecular flexibility index (Phi) is 3.25. The summed E-state index contributed by atoms with van der Waals surface area (Å²) in [5, 5.41) is 19.6. The van der Waals surface area contributed by atoms with Gasteiger partial charge in [0.15, 0.2) is 0 Å². The minimum Gasteiger partial charge on any atom is -0.387 e. The summed E-state index contributed by atoms with van der Waals surface area (Å²) in [5.41, 5.74) is 2.23. The van der Waals surface area contributed by atoms with Gasteiger partial charge in [-0.1, -0.05) is 19.4 Å². The molecule has 1 saturated heterocycles. The molecule has 20 heavy (non-hydrogen) atoms. The molecule has 2 aromatic heterocycles. The van der Waals surface area contributed by atoms with Crippen LogP contribution >= 0.6 is 0 Å². The number of β-amino-alcohol motifs (C(OH)–C–C–N with tert-alkyl or cyclic N) is 1. The molecule has 0 amide bonds. The van der Waals surface area contributed by atoms with E-state index in [1.165, 1.54) is 0 Å². The van der Waals surface area contributed by atoms with Crippen molar-refractivity contribution in [1.82, 2.24) is 9.30 Å². The van der Waals surface area contributed by atoms with Crippen LogP contribution in [0.3, 0.4) is 0 Å². The number of aromatic nitrogens is 1. The average molecular weight is 269 g/mol. The van der Waals surface area contributed by atoms with Crippen LogP contribution in [0.15, 0.2) is 30.6 Å². The van der Waals surface area contributed by atoms with E-state index in [4.69, 9.17) is 0 Å². The van der Waals surface area contributed by atoms with E-state index in [9.17, 15) is 10.4 Å². The highest BCUT2D eigenvalue weighted by atomic mass is 16.3. The van der Waals surface area contributed by atoms with Crippen LogP contribution in [0.1, 0.15) is 30.9 Å². The topological polar surface area (TPSA) is 51.7 Å². The molecule has 2 aromatic rings. The van der Waals surface area contributed by atoms with Gasteiger partial charge in [0.2, 0.25) is 0 Å². The third-order valence-corrected chi connectivity index (χ3v) is 4.02. The number of likely N-dealkylation sites (tertiary alicyclic amines) is 1. The van der Waals surface area contributed by atoms with Crippen LogP contribution in [0.5, 0.6) is 0 Å². The molecule has 3 rings (SSSR count). The second-order valence-corrected chi connectivity index (χ2v) is 5.75. The molecule has 1 fully saturated rings. The van der Waals surface area contributed by atoms with Gasteiger partial charge in [-0.3, -0.25) is 4.90 Å². The predicted octanol–water partition coefficient (Wildman–Crippen LogP) is 2.16. The fourth-order valence-corrected chi connectivity index (χ4v) is 3.19. The van der Waals surface area contributed by atoms with E-state index in [2.05, 4.69) is 17.9 Å². The second kappa shape index (κ2) is 4.93. The number of nitriles is 1. The van der Waals surface area contributed by atoms with E-state index in [1.54, 1.807) is 0 Å². The molecule has 0 spiro atoms. The van der Waals surface area contributed by atoms with Crippen molar-refractivity contribution in [2.24, 2.45) is 0 Å². The summed E-state index contributed by atoms with van der Waals surface area (Å²) in [6.07, 6.45) is 5.84. The third-order valence-electron chi connectivity index (χ3n) is 4.02. The number of fused-ring (bicyclic) bond motifs is 1. The van der Waals surface area contributed by atoms with Gasteiger partial charge in [0.1, 0.15) is 6.07 Å². The van der Waals surface area contributed by atoms with Crippen molar-refractivity contribution in [3.8, 4) is 6.07 Å². The van der Waals surface area contributed by atoms with Gasteiger partial charge < -0.3 is 9.51 Å². The van der Waals surface area contributed by atoms with Crippen LogP contribution in [0.2, 0.25) is 0 Å². The Labute approximate surface area is 118 Å². The smallest absolute Gasteiger partial charge is 0.102 e. The standard InChI is InChI=1S/C16H19N3O/c1-2-6-16(20)11-18(12-16)9-13-10-19-7-4-3-5-15(19)14(13)8-17/h3-5,7,10,20H,2,6,9,11-12H2,1H3. The third kappa shape index (κ3) is 2.20. The molecule has 3 heterocycles. The minimum absolute atomic E-state index is 0.513. The van der Waals surface area contributed by atoms with Crippen molar-refractivity contribution >= 4 is 5.52 Å². The van der Waals surface area contributed by atoms with Crippen molar-refractivity contribution in [2.75, 3.05) is 13.1 Å². The normalized spacial score (nSPS) is 17.9. The first kappa shape index (κ1) is 13.2. The van der Waals surface area contributed by atoms with Crippen molar-refractivity contribution in [3.63, 3.8) is 0 Å². The first-order valence-electron chi connectivity index (χ1n) is 7.08. The van der Waals surface area contributed by atoms with Crippen LogP contribution in [-0.4, -0.2) is 33.1 Å². The molecule has 0 saturated carbocycles. The molecule has 1 aliphatic rings. The van der Waals surface area contributed by atoms with Crippen molar-refractivity contribution in [1.29, 1.82) is 5.26 Å². The molecular weight excluding hydrogens is 250 g/mol. The maximum absolute atomic E-state index is 10.2. The first-order valence-corrected chi connectivity index (χ1v) is 7.08. The van der Waals surface area contributed by atoms with E-state index >= 15 is 0 Å². The lowest BCUT2D eigenvalue weighted by molar-refractivity contribution is -0.106. The highest BCUT2D eigenvalue weighted by molar-refractivity contribution is 5.65. The highest BCUT2D eigenvalue weighted by Crippen LogP contribution is 2.29. The number of aliphatic hydroxyl groups is 1. The van der Waals surface area contributed by atoms with E-state index in [0.717, 1.165) is 36.0 Å². The number of hydrogen-bond donors (Lipinski definition) is 1. The first-order chi connectivity index (χ1) is 9.65. The Morgan fingerprint density at radius 2 is 2.20 bits per heavy atom. The molecule has 0 aromatic carbocycles. The number of hydrogen-bond acceptors (Lipinski definition) is 3. The number of rotatable bonds is 4. The van der Waals surface area contributed by atoms with Gasteiger partial charge in [-0.2, -0.15) is 5.26 Å². The Bertz CT molecular complexity index is 662. The van der Waals surface area contributed by atoms with Crippen molar-refractivity contribution < 1.29 is 5.11 Å². The van der Waals surface area contributed by atoms with Gasteiger partial charge in [0.25, 0.3) is 0 Å². The van der Waals surface area contributed by atoms with Gasteiger partial charge in [0.05, 0.1) is 16.7 Å². The maximum atomic E-state index is 10.2. The quantitative estimate of drug-likeness (QED) is 0.925. The largest absolute Gasteiger partial charge is 0.387 e. The summed E-state index contributed by atoms with van der Waals surface area (Å²) in [4.78, 5) is 2.20. The van der Waals surface area contributed by atoms with E-state index in [1.807, 2.05) is 35.0 Å². The molecular formula is C16H19N3O. The van der Waals surface area contributed by atoms with Crippen molar-refractivity contribution in [2.45, 2.75) is 31.9 Å². The Balaban J connectivity index is 1.78. The number of pyridine rings is 1. The zero-order chi connectivity index (χ0) is 14.2. The summed E-state index contributed by atoms with van der Waals surface area (Å²) in [6, 6.07) is 8.18. The molecule has 0 unspecified atom stereocenters. The van der Waals surface area contributed by atoms with Crippen molar-refractivity contribution in [3.05, 3.63) is 41.7 Å². The Morgan fingerprint density at radius 1 is 1.40 bits per heavy atom. The Hall–Kier alpha value is -1.83. The lowest BCUT2D eigenvalue weighted by atomic mass is 9.89. The van der Waals surface area contributed by atoms with Crippen LogP contribution < -0.4 is 0 Å². The van der Waals surface area contributed by atoms with Crippen LogP contribution in [-0.2, 0) is 6.54 Å². The Morgan fingerprint density at radius 3 is 2.90 bits per heavy atom. The highest BCUT2D eigenvalue weighted by Gasteiger charge is 2.40. The van der Waals surface area contributed by atoms with E-state index in [-0.39, 0.29) is 0 Å². The average Bonchev–Trinajstić information content (AvgIpc) is 2.74. The van der Waals surface area contributed by atoms with Gasteiger partial charge in [-0.15, -0.1) is 0 Å². The molecule has 0 radical (unpaired) electrons. The molecule has 4 heteroatoms. The number of nitrogens with zero attached hydrogens (tertiary/aromatic N) is 3. The molecule has 1 aliphatic heterocycles. The molecule has 0 aliphatic carbocycles. The lowest BCUT2D eigenvalue weighted by Gasteiger charge is -2.46. The molecule has 1 N–H and O–H groups in total. The summed E-state index contributed by atoms with van der Waals surface area (Å²) in [5.74, 6) is 0. The van der Waals surface area contributed by atoms with E-state index in [0.29, 0.717) is 13.1 Å². The summed E-state index contributed by atoms with van der Waals surface area (Å²) in [6.45, 7) is 4.24. The molecule has 4 nitrogen and oxygen atoms in total. The summed E-state index contributed by atoms with van der Waals surface area (Å²) >= 11 is 0. The zero-order valence-electron chi connectivity index (χ0n) is 11.7. The van der Waals surface area contributed by atoms with Gasteiger partial charge in [0, 0.05) is 37.6 Å².